The summed E-state index contributed by atoms with van der Waals surface area (Å²) in [5.74, 6) is -0.133. The van der Waals surface area contributed by atoms with Gasteiger partial charge in [0.25, 0.3) is 11.6 Å². The normalized spacial score (nSPS) is 10.1. The van der Waals surface area contributed by atoms with Crippen molar-refractivity contribution in [2.45, 2.75) is 4.90 Å². The molecule has 0 saturated heterocycles. The molecule has 2 aromatic heterocycles. The molecule has 142 valence electrons. The molecule has 1 aromatic carbocycles. The van der Waals surface area contributed by atoms with Crippen LogP contribution >= 0.6 is 11.9 Å². The molecule has 3 aromatic rings. The molecule has 10 nitrogen and oxygen atoms in total. The van der Waals surface area contributed by atoms with Crippen LogP contribution in [0.25, 0.3) is 0 Å². The minimum Gasteiger partial charge on any atom is -0.459 e. The Hall–Kier alpha value is -3.86. The molecule has 11 heteroatoms. The smallest absolute Gasteiger partial charge is 0.332 e. The van der Waals surface area contributed by atoms with E-state index in [4.69, 9.17) is 9.15 Å². The average molecular weight is 400 g/mol. The zero-order chi connectivity index (χ0) is 19.9. The van der Waals surface area contributed by atoms with E-state index < -0.39 is 16.9 Å². The number of hydrogen-bond acceptors (Lipinski definition) is 8. The van der Waals surface area contributed by atoms with E-state index in [-0.39, 0.29) is 17.3 Å². The van der Waals surface area contributed by atoms with E-state index in [0.29, 0.717) is 10.6 Å². The molecule has 2 heterocycles. The van der Waals surface area contributed by atoms with Gasteiger partial charge in [-0.25, -0.2) is 9.78 Å². The Balaban J connectivity index is 1.51. The topological polar surface area (TPSA) is 137 Å². The van der Waals surface area contributed by atoms with Crippen molar-refractivity contribution in [1.82, 2.24) is 15.0 Å². The summed E-state index contributed by atoms with van der Waals surface area (Å²) in [6.45, 7) is 0. The van der Waals surface area contributed by atoms with E-state index in [1.165, 1.54) is 36.7 Å². The van der Waals surface area contributed by atoms with Gasteiger partial charge in [-0.2, -0.15) is 0 Å². The van der Waals surface area contributed by atoms with Gasteiger partial charge in [0, 0.05) is 17.2 Å². The number of nitrogens with one attached hydrogen (secondary N) is 2. The van der Waals surface area contributed by atoms with Crippen molar-refractivity contribution >= 4 is 29.6 Å². The summed E-state index contributed by atoms with van der Waals surface area (Å²) < 4.78 is 12.8. The molecule has 28 heavy (non-hydrogen) atoms. The lowest BCUT2D eigenvalue weighted by Gasteiger charge is -2.07. The van der Waals surface area contributed by atoms with Crippen LogP contribution < -0.4 is 14.8 Å². The van der Waals surface area contributed by atoms with Gasteiger partial charge in [0.05, 0.1) is 17.3 Å². The maximum atomic E-state index is 11.7. The summed E-state index contributed by atoms with van der Waals surface area (Å²) in [5, 5.41) is 12.9. The Morgan fingerprint density at radius 3 is 2.64 bits per heavy atom. The monoisotopic (exact) mass is 400 g/mol. The van der Waals surface area contributed by atoms with Crippen molar-refractivity contribution in [3.63, 3.8) is 0 Å². The SMILES string of the molecule is O=C(NSc1ccc(Oc2cc([N+](=O)[O-])ccn2)cc1)NC(=O)c1ccco1. The van der Waals surface area contributed by atoms with Crippen LogP contribution in [0.2, 0.25) is 0 Å². The van der Waals surface area contributed by atoms with Crippen LogP contribution in [-0.2, 0) is 0 Å². The fraction of sp³-hybridized carbons (Fsp3) is 0. The third-order valence-electron chi connectivity index (χ3n) is 3.21. The molecule has 0 aliphatic heterocycles. The van der Waals surface area contributed by atoms with Crippen LogP contribution in [0.4, 0.5) is 10.5 Å². The number of furan rings is 1. The molecule has 3 rings (SSSR count). The predicted molar refractivity (Wildman–Crippen MR) is 98.0 cm³/mol. The second-order valence-electron chi connectivity index (χ2n) is 5.15. The highest BCUT2D eigenvalue weighted by Crippen LogP contribution is 2.25. The Labute approximate surface area is 162 Å². The average Bonchev–Trinajstić information content (AvgIpc) is 3.23. The summed E-state index contributed by atoms with van der Waals surface area (Å²) in [7, 11) is 0. The van der Waals surface area contributed by atoms with Crippen molar-refractivity contribution in [2.24, 2.45) is 0 Å². The van der Waals surface area contributed by atoms with Gasteiger partial charge >= 0.3 is 6.03 Å². The fourth-order valence-corrected chi connectivity index (χ4v) is 2.50. The van der Waals surface area contributed by atoms with Crippen LogP contribution in [0.1, 0.15) is 10.6 Å². The predicted octanol–water partition coefficient (Wildman–Crippen LogP) is 3.52. The van der Waals surface area contributed by atoms with Gasteiger partial charge in [0.2, 0.25) is 5.88 Å². The third-order valence-corrected chi connectivity index (χ3v) is 4.00. The minimum atomic E-state index is -0.701. The highest BCUT2D eigenvalue weighted by molar-refractivity contribution is 7.98. The van der Waals surface area contributed by atoms with Gasteiger partial charge in [0.1, 0.15) is 5.75 Å². The Kier molecular flexibility index (Phi) is 5.87. The molecule has 0 aliphatic rings. The van der Waals surface area contributed by atoms with E-state index in [1.54, 1.807) is 24.3 Å². The van der Waals surface area contributed by atoms with Crippen LogP contribution in [0.15, 0.2) is 70.3 Å². The molecular formula is C17H12N4O6S. The van der Waals surface area contributed by atoms with Gasteiger partial charge in [0.15, 0.2) is 5.76 Å². The number of urea groups is 1. The highest BCUT2D eigenvalue weighted by Gasteiger charge is 2.12. The maximum absolute atomic E-state index is 11.7. The Morgan fingerprint density at radius 1 is 1.18 bits per heavy atom. The largest absolute Gasteiger partial charge is 0.459 e. The minimum absolute atomic E-state index is 0.0245. The lowest BCUT2D eigenvalue weighted by Crippen LogP contribution is -2.36. The standard InChI is InChI=1S/C17H12N4O6S/c22-16(14-2-1-9-26-14)19-17(23)20-28-13-5-3-12(4-6-13)27-15-10-11(21(24)25)7-8-18-15/h1-10H,(H2,19,20,22,23). The zero-order valence-corrected chi connectivity index (χ0v) is 14.8. The van der Waals surface area contributed by atoms with Gasteiger partial charge in [-0.15, -0.1) is 0 Å². The second kappa shape index (κ2) is 8.68. The number of nitro groups is 1. The number of pyridine rings is 1. The molecule has 0 radical (unpaired) electrons. The van der Waals surface area contributed by atoms with Crippen molar-refractivity contribution in [3.8, 4) is 11.6 Å². The van der Waals surface area contributed by atoms with E-state index in [9.17, 15) is 19.7 Å². The summed E-state index contributed by atoms with van der Waals surface area (Å²) in [4.78, 5) is 38.2. The number of carbonyl (C=O) groups excluding carboxylic acids is 2. The number of aromatic nitrogens is 1. The van der Waals surface area contributed by atoms with Crippen molar-refractivity contribution in [2.75, 3.05) is 0 Å². The van der Waals surface area contributed by atoms with Crippen LogP contribution in [0.3, 0.4) is 0 Å². The molecule has 0 aliphatic carbocycles. The Morgan fingerprint density at radius 2 is 1.96 bits per heavy atom. The van der Waals surface area contributed by atoms with Crippen LogP contribution in [-0.4, -0.2) is 21.8 Å². The Bertz CT molecular complexity index is 991. The molecule has 0 unspecified atom stereocenters. The summed E-state index contributed by atoms with van der Waals surface area (Å²) in [6.07, 6.45) is 2.61. The van der Waals surface area contributed by atoms with E-state index >= 15 is 0 Å². The van der Waals surface area contributed by atoms with E-state index in [1.807, 2.05) is 0 Å². The van der Waals surface area contributed by atoms with Crippen LogP contribution in [0, 0.1) is 10.1 Å². The van der Waals surface area contributed by atoms with Gasteiger partial charge in [-0.3, -0.25) is 24.9 Å². The number of ether oxygens (including phenoxy) is 1. The number of carbonyl (C=O) groups is 2. The zero-order valence-electron chi connectivity index (χ0n) is 14.0. The fourth-order valence-electron chi connectivity index (χ4n) is 1.97. The van der Waals surface area contributed by atoms with Crippen molar-refractivity contribution < 1.29 is 23.7 Å². The van der Waals surface area contributed by atoms with E-state index in [0.717, 1.165) is 11.9 Å². The quantitative estimate of drug-likeness (QED) is 0.364. The van der Waals surface area contributed by atoms with Gasteiger partial charge in [-0.05, 0) is 48.3 Å². The number of rotatable bonds is 6. The molecular weight excluding hydrogens is 388 g/mol. The summed E-state index contributed by atoms with van der Waals surface area (Å²) in [5.41, 5.74) is -0.128. The highest BCUT2D eigenvalue weighted by atomic mass is 32.2. The molecule has 0 bridgehead atoms. The first-order valence-corrected chi connectivity index (χ1v) is 8.53. The first-order valence-electron chi connectivity index (χ1n) is 7.71. The van der Waals surface area contributed by atoms with E-state index in [2.05, 4.69) is 15.0 Å². The molecule has 2 N–H and O–H groups in total. The number of benzene rings is 1. The van der Waals surface area contributed by atoms with Crippen molar-refractivity contribution in [1.29, 1.82) is 0 Å². The molecule has 0 atom stereocenters. The number of amides is 3. The van der Waals surface area contributed by atoms with Crippen molar-refractivity contribution in [3.05, 3.63) is 76.9 Å². The first kappa shape index (κ1) is 18.9. The number of hydrogen-bond donors (Lipinski definition) is 2. The summed E-state index contributed by atoms with van der Waals surface area (Å²) >= 11 is 0.984. The maximum Gasteiger partial charge on any atom is 0.332 e. The number of imide groups is 1. The van der Waals surface area contributed by atoms with Gasteiger partial charge in [-0.1, -0.05) is 0 Å². The van der Waals surface area contributed by atoms with Crippen LogP contribution in [0.5, 0.6) is 11.6 Å². The second-order valence-corrected chi connectivity index (χ2v) is 6.03. The summed E-state index contributed by atoms with van der Waals surface area (Å²) in [6, 6.07) is 11.3. The third kappa shape index (κ3) is 5.08. The first-order chi connectivity index (χ1) is 13.5. The molecule has 3 amide bonds. The van der Waals surface area contributed by atoms with Gasteiger partial charge < -0.3 is 9.15 Å². The number of nitrogens with zero attached hydrogens (tertiary/aromatic N) is 2. The lowest BCUT2D eigenvalue weighted by molar-refractivity contribution is -0.385. The molecule has 0 spiro atoms. The molecule has 0 fully saturated rings. The molecule has 0 saturated carbocycles. The lowest BCUT2D eigenvalue weighted by atomic mass is 10.3.